The largest absolute Gasteiger partial charge is 0.351 e. The first-order chi connectivity index (χ1) is 7.09. The molecule has 1 aliphatic rings. The van der Waals surface area contributed by atoms with Gasteiger partial charge < -0.3 is 5.32 Å². The second-order valence-corrected chi connectivity index (χ2v) is 3.64. The van der Waals surface area contributed by atoms with Crippen LogP contribution in [0.2, 0.25) is 0 Å². The van der Waals surface area contributed by atoms with Crippen molar-refractivity contribution in [1.29, 1.82) is 0 Å². The van der Waals surface area contributed by atoms with Gasteiger partial charge in [-0.1, -0.05) is 13.0 Å². The molecule has 5 heteroatoms. The highest BCUT2D eigenvalue weighted by Crippen LogP contribution is 2.26. The first-order valence-electron chi connectivity index (χ1n) is 4.66. The lowest BCUT2D eigenvalue weighted by molar-refractivity contribution is -0.384. The highest BCUT2D eigenvalue weighted by Gasteiger charge is 2.24. The van der Waals surface area contributed by atoms with Gasteiger partial charge in [0.2, 0.25) is 0 Å². The maximum absolute atomic E-state index is 11.5. The number of nitro groups is 1. The number of nitro benzene ring substituents is 1. The van der Waals surface area contributed by atoms with Crippen LogP contribution in [0.5, 0.6) is 0 Å². The van der Waals surface area contributed by atoms with Crippen molar-refractivity contribution in [2.75, 3.05) is 6.54 Å². The summed E-state index contributed by atoms with van der Waals surface area (Å²) in [6, 6.07) is 4.44. The number of hydrogen-bond donors (Lipinski definition) is 1. The van der Waals surface area contributed by atoms with Crippen molar-refractivity contribution in [2.24, 2.45) is 0 Å². The maximum atomic E-state index is 11.5. The Balaban J connectivity index is 2.54. The van der Waals surface area contributed by atoms with Crippen LogP contribution in [0.4, 0.5) is 5.69 Å². The van der Waals surface area contributed by atoms with Crippen molar-refractivity contribution >= 4 is 11.6 Å². The Labute approximate surface area is 86.2 Å². The van der Waals surface area contributed by atoms with E-state index >= 15 is 0 Å². The molecule has 1 aromatic carbocycles. The molecule has 1 atom stereocenters. The van der Waals surface area contributed by atoms with E-state index in [-0.39, 0.29) is 17.5 Å². The SMILES string of the molecule is CC1CNC(=O)c2cc([N+](=O)[O-])ccc21. The van der Waals surface area contributed by atoms with Crippen LogP contribution in [0.15, 0.2) is 18.2 Å². The number of hydrogen-bond acceptors (Lipinski definition) is 3. The fourth-order valence-corrected chi connectivity index (χ4v) is 1.74. The van der Waals surface area contributed by atoms with Crippen LogP contribution < -0.4 is 5.32 Å². The van der Waals surface area contributed by atoms with Crippen LogP contribution in [-0.2, 0) is 0 Å². The van der Waals surface area contributed by atoms with Gasteiger partial charge in [0.1, 0.15) is 0 Å². The zero-order chi connectivity index (χ0) is 11.0. The van der Waals surface area contributed by atoms with Gasteiger partial charge in [-0.05, 0) is 11.5 Å². The minimum atomic E-state index is -0.493. The van der Waals surface area contributed by atoms with Crippen LogP contribution in [-0.4, -0.2) is 17.4 Å². The summed E-state index contributed by atoms with van der Waals surface area (Å²) in [5.41, 5.74) is 1.25. The molecule has 0 bridgehead atoms. The van der Waals surface area contributed by atoms with Gasteiger partial charge in [0.25, 0.3) is 11.6 Å². The third kappa shape index (κ3) is 1.56. The van der Waals surface area contributed by atoms with Crippen LogP contribution >= 0.6 is 0 Å². The van der Waals surface area contributed by atoms with Gasteiger partial charge in [0.05, 0.1) is 4.92 Å². The van der Waals surface area contributed by atoms with Gasteiger partial charge in [-0.25, -0.2) is 0 Å². The zero-order valence-corrected chi connectivity index (χ0v) is 8.19. The van der Waals surface area contributed by atoms with Crippen molar-refractivity contribution in [2.45, 2.75) is 12.8 Å². The maximum Gasteiger partial charge on any atom is 0.270 e. The van der Waals surface area contributed by atoms with Crippen molar-refractivity contribution in [1.82, 2.24) is 5.32 Å². The van der Waals surface area contributed by atoms with Crippen molar-refractivity contribution in [3.05, 3.63) is 39.4 Å². The Hall–Kier alpha value is -1.91. The summed E-state index contributed by atoms with van der Waals surface area (Å²) in [6.07, 6.45) is 0. The highest BCUT2D eigenvalue weighted by atomic mass is 16.6. The Bertz CT molecular complexity index is 442. The Morgan fingerprint density at radius 3 is 2.93 bits per heavy atom. The molecule has 5 nitrogen and oxygen atoms in total. The van der Waals surface area contributed by atoms with E-state index in [1.54, 1.807) is 6.07 Å². The molecular formula is C10H10N2O3. The molecule has 78 valence electrons. The van der Waals surface area contributed by atoms with E-state index in [1.807, 2.05) is 6.92 Å². The molecule has 2 rings (SSSR count). The fraction of sp³-hybridized carbons (Fsp3) is 0.300. The lowest BCUT2D eigenvalue weighted by atomic mass is 9.91. The first kappa shape index (κ1) is 9.64. The summed E-state index contributed by atoms with van der Waals surface area (Å²) in [6.45, 7) is 2.56. The third-order valence-corrected chi connectivity index (χ3v) is 2.59. The normalized spacial score (nSPS) is 19.3. The number of amides is 1. The summed E-state index contributed by atoms with van der Waals surface area (Å²) in [4.78, 5) is 21.5. The van der Waals surface area contributed by atoms with Gasteiger partial charge in [-0.15, -0.1) is 0 Å². The van der Waals surface area contributed by atoms with Crippen LogP contribution in [0.25, 0.3) is 0 Å². The molecule has 0 aromatic heterocycles. The van der Waals surface area contributed by atoms with Crippen LogP contribution in [0.3, 0.4) is 0 Å². The Morgan fingerprint density at radius 1 is 1.53 bits per heavy atom. The number of carbonyl (C=O) groups excluding carboxylic acids is 1. The number of nitrogens with one attached hydrogen (secondary N) is 1. The molecule has 0 saturated heterocycles. The first-order valence-corrected chi connectivity index (χ1v) is 4.66. The molecular weight excluding hydrogens is 196 g/mol. The van der Waals surface area contributed by atoms with E-state index in [0.29, 0.717) is 12.1 Å². The zero-order valence-electron chi connectivity index (χ0n) is 8.19. The number of nitrogens with zero attached hydrogens (tertiary/aromatic N) is 1. The molecule has 15 heavy (non-hydrogen) atoms. The second kappa shape index (κ2) is 3.34. The molecule has 1 aromatic rings. The van der Waals surface area contributed by atoms with Crippen LogP contribution in [0, 0.1) is 10.1 Å². The van der Waals surface area contributed by atoms with Crippen LogP contribution in [0.1, 0.15) is 28.8 Å². The van der Waals surface area contributed by atoms with Crippen molar-refractivity contribution in [3.8, 4) is 0 Å². The Kier molecular flexibility index (Phi) is 2.15. The number of rotatable bonds is 1. The van der Waals surface area contributed by atoms with Gasteiger partial charge in [-0.3, -0.25) is 14.9 Å². The van der Waals surface area contributed by atoms with Gasteiger partial charge in [0, 0.05) is 24.2 Å². The highest BCUT2D eigenvalue weighted by molar-refractivity contribution is 5.97. The second-order valence-electron chi connectivity index (χ2n) is 3.64. The van der Waals surface area contributed by atoms with E-state index in [9.17, 15) is 14.9 Å². The number of carbonyl (C=O) groups is 1. The summed E-state index contributed by atoms with van der Waals surface area (Å²) in [5, 5.41) is 13.2. The smallest absolute Gasteiger partial charge is 0.270 e. The van der Waals surface area contributed by atoms with E-state index in [4.69, 9.17) is 0 Å². The Morgan fingerprint density at radius 2 is 2.27 bits per heavy atom. The molecule has 1 amide bonds. The van der Waals surface area contributed by atoms with Gasteiger partial charge in [0.15, 0.2) is 0 Å². The summed E-state index contributed by atoms with van der Waals surface area (Å²) in [5.74, 6) is -0.0229. The van der Waals surface area contributed by atoms with E-state index in [0.717, 1.165) is 5.56 Å². The standard InChI is InChI=1S/C10H10N2O3/c1-6-5-11-10(13)9-4-7(12(14)15)2-3-8(6)9/h2-4,6H,5H2,1H3,(H,11,13). The van der Waals surface area contributed by atoms with E-state index in [2.05, 4.69) is 5.32 Å². The monoisotopic (exact) mass is 206 g/mol. The lowest BCUT2D eigenvalue weighted by Crippen LogP contribution is -2.33. The quantitative estimate of drug-likeness (QED) is 0.558. The summed E-state index contributed by atoms with van der Waals surface area (Å²) in [7, 11) is 0. The van der Waals surface area contributed by atoms with Crippen molar-refractivity contribution in [3.63, 3.8) is 0 Å². The molecule has 0 saturated carbocycles. The minimum Gasteiger partial charge on any atom is -0.351 e. The molecule has 0 fully saturated rings. The van der Waals surface area contributed by atoms with E-state index < -0.39 is 4.92 Å². The van der Waals surface area contributed by atoms with Crippen molar-refractivity contribution < 1.29 is 9.72 Å². The number of non-ortho nitro benzene ring substituents is 1. The third-order valence-electron chi connectivity index (χ3n) is 2.59. The van der Waals surface area contributed by atoms with E-state index in [1.165, 1.54) is 12.1 Å². The average Bonchev–Trinajstić information content (AvgIpc) is 2.23. The molecule has 1 unspecified atom stereocenters. The summed E-state index contributed by atoms with van der Waals surface area (Å²) >= 11 is 0. The minimum absolute atomic E-state index is 0.0435. The topological polar surface area (TPSA) is 72.2 Å². The predicted molar refractivity (Wildman–Crippen MR) is 53.8 cm³/mol. The fourth-order valence-electron chi connectivity index (χ4n) is 1.74. The molecule has 0 spiro atoms. The predicted octanol–water partition coefficient (Wildman–Crippen LogP) is 1.44. The average molecular weight is 206 g/mol. The number of fused-ring (bicyclic) bond motifs is 1. The van der Waals surface area contributed by atoms with Gasteiger partial charge in [-0.2, -0.15) is 0 Å². The van der Waals surface area contributed by atoms with Gasteiger partial charge >= 0.3 is 0 Å². The molecule has 0 aliphatic carbocycles. The molecule has 0 radical (unpaired) electrons. The summed E-state index contributed by atoms with van der Waals surface area (Å²) < 4.78 is 0. The lowest BCUT2D eigenvalue weighted by Gasteiger charge is -2.22. The molecule has 1 aliphatic heterocycles. The molecule has 1 heterocycles. The molecule has 1 N–H and O–H groups in total. The number of benzene rings is 1.